The van der Waals surface area contributed by atoms with Gasteiger partial charge in [0.1, 0.15) is 5.84 Å². The zero-order chi connectivity index (χ0) is 19.1. The first-order valence-electron chi connectivity index (χ1n) is 9.57. The third kappa shape index (κ3) is 4.04. The van der Waals surface area contributed by atoms with Crippen LogP contribution in [0, 0.1) is 5.41 Å². The number of piperidine rings is 1. The number of benzene rings is 1. The number of aliphatic imine (C=N–C) groups is 1. The molecule has 0 saturated carbocycles. The zero-order valence-corrected chi connectivity index (χ0v) is 17.6. The number of rotatable bonds is 3. The first-order valence-corrected chi connectivity index (χ1v) is 11.1. The van der Waals surface area contributed by atoms with Crippen molar-refractivity contribution < 1.29 is 13.2 Å². The lowest BCUT2D eigenvalue weighted by atomic mass is 9.78. The molecule has 3 heterocycles. The van der Waals surface area contributed by atoms with Crippen molar-refractivity contribution in [2.75, 3.05) is 26.2 Å². The van der Waals surface area contributed by atoms with Crippen LogP contribution in [0.25, 0.3) is 0 Å². The van der Waals surface area contributed by atoms with E-state index in [2.05, 4.69) is 15.0 Å². The van der Waals surface area contributed by atoms with Gasteiger partial charge in [0, 0.05) is 31.6 Å². The fraction of sp³-hybridized carbons (Fsp3) is 0.579. The van der Waals surface area contributed by atoms with E-state index in [0.29, 0.717) is 23.2 Å². The maximum Gasteiger partial charge on any atom is 0.263 e. The van der Waals surface area contributed by atoms with E-state index in [4.69, 9.17) is 0 Å². The summed E-state index contributed by atoms with van der Waals surface area (Å²) in [6, 6.07) is 6.49. The van der Waals surface area contributed by atoms with Crippen LogP contribution in [0.3, 0.4) is 0 Å². The maximum absolute atomic E-state index is 12.7. The van der Waals surface area contributed by atoms with Crippen LogP contribution < -0.4 is 10.0 Å². The Hall–Kier alpha value is -1.64. The lowest BCUT2D eigenvalue weighted by molar-refractivity contribution is -0.133. The van der Waals surface area contributed by atoms with E-state index in [1.807, 2.05) is 11.8 Å². The van der Waals surface area contributed by atoms with Crippen LogP contribution in [-0.4, -0.2) is 57.3 Å². The molecule has 1 aromatic rings. The number of amides is 1. The number of sulfonamides is 1. The highest BCUT2D eigenvalue weighted by atomic mass is 35.5. The van der Waals surface area contributed by atoms with Gasteiger partial charge in [0.25, 0.3) is 10.0 Å². The fourth-order valence-corrected chi connectivity index (χ4v) is 5.57. The molecule has 4 rings (SSSR count). The zero-order valence-electron chi connectivity index (χ0n) is 16.0. The van der Waals surface area contributed by atoms with Gasteiger partial charge in [-0.2, -0.15) is 0 Å². The minimum Gasteiger partial charge on any atom is -0.343 e. The lowest BCUT2D eigenvalue weighted by Gasteiger charge is -2.39. The van der Waals surface area contributed by atoms with Crippen LogP contribution in [0.15, 0.2) is 34.2 Å². The molecule has 3 aliphatic heterocycles. The van der Waals surface area contributed by atoms with Gasteiger partial charge in [0.05, 0.1) is 10.9 Å². The summed E-state index contributed by atoms with van der Waals surface area (Å²) >= 11 is 0. The maximum atomic E-state index is 12.7. The number of nitrogens with one attached hydrogen (secondary N) is 2. The number of fused-ring (bicyclic) bond motifs is 1. The van der Waals surface area contributed by atoms with Gasteiger partial charge >= 0.3 is 0 Å². The van der Waals surface area contributed by atoms with E-state index in [1.54, 1.807) is 24.3 Å². The minimum atomic E-state index is -3.54. The van der Waals surface area contributed by atoms with E-state index in [-0.39, 0.29) is 29.3 Å². The molecule has 3 aliphatic rings. The largest absolute Gasteiger partial charge is 0.343 e. The molecule has 1 spiro atoms. The summed E-state index contributed by atoms with van der Waals surface area (Å²) in [4.78, 5) is 19.3. The molecule has 2 saturated heterocycles. The van der Waals surface area contributed by atoms with Crippen molar-refractivity contribution in [3.05, 3.63) is 29.8 Å². The molecule has 0 bridgehead atoms. The first kappa shape index (κ1) is 21.1. The fourth-order valence-electron chi connectivity index (χ4n) is 4.33. The van der Waals surface area contributed by atoms with Crippen LogP contribution in [-0.2, 0) is 14.8 Å². The van der Waals surface area contributed by atoms with Crippen molar-refractivity contribution in [3.63, 3.8) is 0 Å². The number of carbonyl (C=O) groups is 1. The Kier molecular flexibility index (Phi) is 6.03. The Balaban J connectivity index is 0.00000225. The minimum absolute atomic E-state index is 0. The Morgan fingerprint density at radius 1 is 1.25 bits per heavy atom. The molecule has 2 N–H and O–H groups in total. The Bertz CT molecular complexity index is 871. The molecule has 0 aromatic heterocycles. The van der Waals surface area contributed by atoms with E-state index < -0.39 is 10.0 Å². The van der Waals surface area contributed by atoms with Crippen molar-refractivity contribution in [3.8, 4) is 0 Å². The third-order valence-electron chi connectivity index (χ3n) is 5.99. The van der Waals surface area contributed by atoms with E-state index in [1.165, 1.54) is 6.42 Å². The molecular formula is C19H27ClN4O3S. The molecule has 0 radical (unpaired) electrons. The highest BCUT2D eigenvalue weighted by molar-refractivity contribution is 7.90. The van der Waals surface area contributed by atoms with Gasteiger partial charge in [-0.1, -0.05) is 12.1 Å². The van der Waals surface area contributed by atoms with Crippen molar-refractivity contribution in [2.24, 2.45) is 10.4 Å². The first-order chi connectivity index (χ1) is 12.9. The van der Waals surface area contributed by atoms with E-state index in [0.717, 1.165) is 39.0 Å². The Morgan fingerprint density at radius 2 is 1.96 bits per heavy atom. The van der Waals surface area contributed by atoms with Crippen molar-refractivity contribution >= 4 is 34.2 Å². The molecular weight excluding hydrogens is 400 g/mol. The predicted molar refractivity (Wildman–Crippen MR) is 110 cm³/mol. The van der Waals surface area contributed by atoms with Gasteiger partial charge in [0.2, 0.25) is 5.91 Å². The molecule has 1 unspecified atom stereocenters. The molecule has 7 nitrogen and oxygen atoms in total. The van der Waals surface area contributed by atoms with Gasteiger partial charge in [-0.25, -0.2) is 8.42 Å². The average molecular weight is 427 g/mol. The smallest absolute Gasteiger partial charge is 0.263 e. The topological polar surface area (TPSA) is 90.9 Å². The molecule has 1 aromatic carbocycles. The standard InChI is InChI=1S/C19H26N4O3S.ClH/c1-14(21-18-15-4-2-3-5-16(15)27(25,26)22-18)12-17(24)23-10-7-19(8-11-23)6-9-20-13-19;/h2-5,14,20H,6-13H2,1H3,(H,21,22);1H. The van der Waals surface area contributed by atoms with Crippen LogP contribution in [0.5, 0.6) is 0 Å². The summed E-state index contributed by atoms with van der Waals surface area (Å²) in [5.74, 6) is 0.433. The highest BCUT2D eigenvalue weighted by Gasteiger charge is 2.38. The molecule has 1 atom stereocenters. The highest BCUT2D eigenvalue weighted by Crippen LogP contribution is 2.37. The number of carbonyl (C=O) groups excluding carboxylic acids is 1. The number of nitrogens with zero attached hydrogens (tertiary/aromatic N) is 2. The van der Waals surface area contributed by atoms with Gasteiger partial charge in [-0.3, -0.25) is 14.5 Å². The Morgan fingerprint density at radius 3 is 2.64 bits per heavy atom. The number of hydrogen-bond acceptors (Lipinski definition) is 5. The summed E-state index contributed by atoms with van der Waals surface area (Å²) < 4.78 is 26.8. The second-order valence-corrected chi connectivity index (χ2v) is 9.59. The normalized spacial score (nSPS) is 24.5. The Labute approximate surface area is 172 Å². The summed E-state index contributed by atoms with van der Waals surface area (Å²) in [6.07, 6.45) is 3.61. The molecule has 9 heteroatoms. The van der Waals surface area contributed by atoms with Crippen molar-refractivity contribution in [2.45, 2.75) is 43.5 Å². The molecule has 2 fully saturated rings. The third-order valence-corrected chi connectivity index (χ3v) is 7.39. The second-order valence-electron chi connectivity index (χ2n) is 7.94. The molecule has 1 amide bonds. The predicted octanol–water partition coefficient (Wildman–Crippen LogP) is 1.53. The molecule has 0 aliphatic carbocycles. The van der Waals surface area contributed by atoms with Crippen LogP contribution in [0.4, 0.5) is 0 Å². The van der Waals surface area contributed by atoms with Crippen LogP contribution in [0.2, 0.25) is 0 Å². The summed E-state index contributed by atoms with van der Waals surface area (Å²) in [7, 11) is -3.54. The van der Waals surface area contributed by atoms with Crippen LogP contribution >= 0.6 is 12.4 Å². The van der Waals surface area contributed by atoms with Crippen molar-refractivity contribution in [1.82, 2.24) is 14.9 Å². The van der Waals surface area contributed by atoms with Crippen LogP contribution in [0.1, 0.15) is 38.2 Å². The summed E-state index contributed by atoms with van der Waals surface area (Å²) in [5.41, 5.74) is 0.958. The second kappa shape index (κ2) is 8.00. The summed E-state index contributed by atoms with van der Waals surface area (Å²) in [6.45, 7) is 5.61. The SMILES string of the molecule is CC(CC(=O)N1CCC2(CCNC2)CC1)N=C1NS(=O)(=O)c2ccccc21.Cl. The quantitative estimate of drug-likeness (QED) is 0.766. The van der Waals surface area contributed by atoms with Gasteiger partial charge in [-0.05, 0) is 50.3 Å². The number of halogens is 1. The lowest BCUT2D eigenvalue weighted by Crippen LogP contribution is -2.44. The number of likely N-dealkylation sites (tertiary alicyclic amines) is 1. The summed E-state index contributed by atoms with van der Waals surface area (Å²) in [5, 5.41) is 3.44. The number of hydrogen-bond donors (Lipinski definition) is 2. The molecule has 28 heavy (non-hydrogen) atoms. The van der Waals surface area contributed by atoms with Gasteiger partial charge < -0.3 is 10.2 Å². The molecule has 154 valence electrons. The average Bonchev–Trinajstić information content (AvgIpc) is 3.19. The monoisotopic (exact) mass is 426 g/mol. The number of amidine groups is 1. The van der Waals surface area contributed by atoms with Gasteiger partial charge in [-0.15, -0.1) is 12.4 Å². The van der Waals surface area contributed by atoms with E-state index in [9.17, 15) is 13.2 Å². The van der Waals surface area contributed by atoms with E-state index >= 15 is 0 Å². The van der Waals surface area contributed by atoms with Crippen molar-refractivity contribution in [1.29, 1.82) is 0 Å². The van der Waals surface area contributed by atoms with Gasteiger partial charge in [0.15, 0.2) is 0 Å².